The maximum Gasteiger partial charge on any atom is 0.111 e. The zero-order valence-corrected chi connectivity index (χ0v) is 11.1. The van der Waals surface area contributed by atoms with Gasteiger partial charge in [-0.3, -0.25) is 0 Å². The third-order valence-corrected chi connectivity index (χ3v) is 3.74. The molecule has 0 fully saturated rings. The van der Waals surface area contributed by atoms with Crippen molar-refractivity contribution in [2.75, 3.05) is 0 Å². The fourth-order valence-electron chi connectivity index (χ4n) is 1.90. The van der Waals surface area contributed by atoms with Crippen LogP contribution in [0.15, 0.2) is 24.3 Å². The first-order valence-electron chi connectivity index (χ1n) is 6.11. The Hall–Kier alpha value is -1.35. The predicted molar refractivity (Wildman–Crippen MR) is 71.8 cm³/mol. The fraction of sp³-hybridized carbons (Fsp3) is 0.500. The van der Waals surface area contributed by atoms with Gasteiger partial charge in [0.15, 0.2) is 0 Å². The van der Waals surface area contributed by atoms with Gasteiger partial charge in [-0.1, -0.05) is 26.0 Å². The Kier molecular flexibility index (Phi) is 2.96. The van der Waals surface area contributed by atoms with Crippen molar-refractivity contribution in [2.45, 2.75) is 32.7 Å². The first-order chi connectivity index (χ1) is 7.92. The molecule has 0 aliphatic heterocycles. The lowest BCUT2D eigenvalue weighted by molar-refractivity contribution is 0.329. The van der Waals surface area contributed by atoms with E-state index in [9.17, 15) is 0 Å². The van der Waals surface area contributed by atoms with Crippen LogP contribution in [0, 0.1) is 5.92 Å². The van der Waals surface area contributed by atoms with Crippen molar-refractivity contribution in [2.24, 2.45) is 18.7 Å². The lowest BCUT2D eigenvalue weighted by Crippen LogP contribution is -2.44. The molecule has 0 bridgehead atoms. The van der Waals surface area contributed by atoms with E-state index in [1.54, 1.807) is 0 Å². The lowest BCUT2D eigenvalue weighted by Gasteiger charge is -2.28. The molecule has 0 aliphatic rings. The molecule has 0 saturated carbocycles. The molecule has 17 heavy (non-hydrogen) atoms. The van der Waals surface area contributed by atoms with Gasteiger partial charge in [0.25, 0.3) is 0 Å². The van der Waals surface area contributed by atoms with E-state index in [-0.39, 0.29) is 5.54 Å². The SMILES string of the molecule is CC(C)C(C)(N)Cc1nc2ccccc2n1C. The topological polar surface area (TPSA) is 43.8 Å². The van der Waals surface area contributed by atoms with E-state index in [0.717, 1.165) is 17.8 Å². The molecule has 3 nitrogen and oxygen atoms in total. The number of para-hydroxylation sites is 2. The van der Waals surface area contributed by atoms with Gasteiger partial charge < -0.3 is 10.3 Å². The van der Waals surface area contributed by atoms with Crippen LogP contribution in [0.2, 0.25) is 0 Å². The summed E-state index contributed by atoms with van der Waals surface area (Å²) in [4.78, 5) is 4.66. The second-order valence-corrected chi connectivity index (χ2v) is 5.41. The molecule has 0 spiro atoms. The average Bonchev–Trinajstić information content (AvgIpc) is 2.56. The van der Waals surface area contributed by atoms with Crippen molar-refractivity contribution in [3.63, 3.8) is 0 Å². The van der Waals surface area contributed by atoms with Gasteiger partial charge in [-0.05, 0) is 25.0 Å². The van der Waals surface area contributed by atoms with Gasteiger partial charge in [-0.25, -0.2) is 4.98 Å². The molecule has 0 saturated heterocycles. The number of hydrogen-bond donors (Lipinski definition) is 1. The highest BCUT2D eigenvalue weighted by Crippen LogP contribution is 2.21. The van der Waals surface area contributed by atoms with Crippen LogP contribution in [0.25, 0.3) is 11.0 Å². The molecule has 2 aromatic rings. The standard InChI is InChI=1S/C14H21N3/c1-10(2)14(3,15)9-13-16-11-7-5-6-8-12(11)17(13)4/h5-8,10H,9,15H2,1-4H3. The Morgan fingerprint density at radius 3 is 2.59 bits per heavy atom. The van der Waals surface area contributed by atoms with Gasteiger partial charge in [-0.15, -0.1) is 0 Å². The summed E-state index contributed by atoms with van der Waals surface area (Å²) < 4.78 is 2.14. The van der Waals surface area contributed by atoms with E-state index in [4.69, 9.17) is 5.73 Å². The Balaban J connectivity index is 2.40. The highest BCUT2D eigenvalue weighted by Gasteiger charge is 2.25. The third-order valence-electron chi connectivity index (χ3n) is 3.74. The minimum absolute atomic E-state index is 0.213. The molecule has 0 amide bonds. The summed E-state index contributed by atoms with van der Waals surface area (Å²) in [6.07, 6.45) is 0.801. The second-order valence-electron chi connectivity index (χ2n) is 5.41. The lowest BCUT2D eigenvalue weighted by atomic mass is 9.86. The maximum absolute atomic E-state index is 6.33. The molecular weight excluding hydrogens is 210 g/mol. The largest absolute Gasteiger partial charge is 0.331 e. The summed E-state index contributed by atoms with van der Waals surface area (Å²) in [7, 11) is 2.06. The zero-order chi connectivity index (χ0) is 12.6. The van der Waals surface area contributed by atoms with Gasteiger partial charge in [-0.2, -0.15) is 0 Å². The first-order valence-corrected chi connectivity index (χ1v) is 6.11. The van der Waals surface area contributed by atoms with E-state index in [1.165, 1.54) is 5.52 Å². The fourth-order valence-corrected chi connectivity index (χ4v) is 1.90. The van der Waals surface area contributed by atoms with Gasteiger partial charge >= 0.3 is 0 Å². The van der Waals surface area contributed by atoms with E-state index in [1.807, 2.05) is 18.2 Å². The smallest absolute Gasteiger partial charge is 0.111 e. The van der Waals surface area contributed by atoms with Gasteiger partial charge in [0.2, 0.25) is 0 Å². The Labute approximate surface area is 103 Å². The molecule has 2 N–H and O–H groups in total. The normalized spacial score (nSPS) is 15.4. The predicted octanol–water partition coefficient (Wildman–Crippen LogP) is 2.49. The Morgan fingerprint density at radius 2 is 2.00 bits per heavy atom. The van der Waals surface area contributed by atoms with Crippen LogP contribution in [0.5, 0.6) is 0 Å². The minimum atomic E-state index is -0.213. The maximum atomic E-state index is 6.33. The third kappa shape index (κ3) is 2.20. The van der Waals surface area contributed by atoms with Crippen LogP contribution >= 0.6 is 0 Å². The quantitative estimate of drug-likeness (QED) is 0.882. The van der Waals surface area contributed by atoms with Crippen molar-refractivity contribution in [3.8, 4) is 0 Å². The van der Waals surface area contributed by atoms with Crippen LogP contribution in [0.3, 0.4) is 0 Å². The van der Waals surface area contributed by atoms with E-state index in [2.05, 4.69) is 43.4 Å². The van der Waals surface area contributed by atoms with Crippen LogP contribution < -0.4 is 5.73 Å². The Morgan fingerprint density at radius 1 is 1.35 bits per heavy atom. The molecule has 1 aromatic carbocycles. The number of imidazole rings is 1. The molecule has 1 unspecified atom stereocenters. The van der Waals surface area contributed by atoms with Crippen LogP contribution in [0.4, 0.5) is 0 Å². The van der Waals surface area contributed by atoms with Crippen molar-refractivity contribution < 1.29 is 0 Å². The van der Waals surface area contributed by atoms with E-state index in [0.29, 0.717) is 5.92 Å². The molecule has 3 heteroatoms. The number of nitrogens with two attached hydrogens (primary N) is 1. The Bertz CT molecular complexity index is 523. The summed E-state index contributed by atoms with van der Waals surface area (Å²) in [5.74, 6) is 1.49. The highest BCUT2D eigenvalue weighted by atomic mass is 15.1. The van der Waals surface area contributed by atoms with Gasteiger partial charge in [0.05, 0.1) is 11.0 Å². The summed E-state index contributed by atoms with van der Waals surface area (Å²) >= 11 is 0. The van der Waals surface area contributed by atoms with E-state index >= 15 is 0 Å². The zero-order valence-electron chi connectivity index (χ0n) is 11.1. The molecule has 92 valence electrons. The summed E-state index contributed by atoms with van der Waals surface area (Å²) in [6.45, 7) is 6.41. The first kappa shape index (κ1) is 12.1. The average molecular weight is 231 g/mol. The number of aryl methyl sites for hydroxylation is 1. The summed E-state index contributed by atoms with van der Waals surface area (Å²) in [6, 6.07) is 8.19. The van der Waals surface area contributed by atoms with Crippen molar-refractivity contribution in [1.82, 2.24) is 9.55 Å². The van der Waals surface area contributed by atoms with Crippen LogP contribution in [-0.2, 0) is 13.5 Å². The molecule has 1 aromatic heterocycles. The molecule has 0 radical (unpaired) electrons. The molecule has 1 atom stereocenters. The van der Waals surface area contributed by atoms with Gasteiger partial charge in [0.1, 0.15) is 5.82 Å². The molecule has 0 aliphatic carbocycles. The van der Waals surface area contributed by atoms with Crippen molar-refractivity contribution >= 4 is 11.0 Å². The van der Waals surface area contributed by atoms with Crippen molar-refractivity contribution in [3.05, 3.63) is 30.1 Å². The number of nitrogens with zero attached hydrogens (tertiary/aromatic N) is 2. The highest BCUT2D eigenvalue weighted by molar-refractivity contribution is 5.75. The van der Waals surface area contributed by atoms with Crippen molar-refractivity contribution in [1.29, 1.82) is 0 Å². The van der Waals surface area contributed by atoms with Crippen LogP contribution in [-0.4, -0.2) is 15.1 Å². The second kappa shape index (κ2) is 4.15. The summed E-state index contributed by atoms with van der Waals surface area (Å²) in [5.41, 5.74) is 8.33. The van der Waals surface area contributed by atoms with E-state index < -0.39 is 0 Å². The molecular formula is C14H21N3. The number of hydrogen-bond acceptors (Lipinski definition) is 2. The molecule has 2 rings (SSSR count). The number of fused-ring (bicyclic) bond motifs is 1. The minimum Gasteiger partial charge on any atom is -0.331 e. The monoisotopic (exact) mass is 231 g/mol. The summed E-state index contributed by atoms with van der Waals surface area (Å²) in [5, 5.41) is 0. The van der Waals surface area contributed by atoms with Gasteiger partial charge in [0, 0.05) is 19.0 Å². The number of rotatable bonds is 3. The van der Waals surface area contributed by atoms with Crippen LogP contribution in [0.1, 0.15) is 26.6 Å². The molecule has 1 heterocycles. The number of benzene rings is 1. The number of aromatic nitrogens is 2.